The molecule has 0 fully saturated rings. The van der Waals surface area contributed by atoms with Gasteiger partial charge in [0.15, 0.2) is 0 Å². The monoisotopic (exact) mass is 1020 g/mol. The zero-order chi connectivity index (χ0) is 54.7. The summed E-state index contributed by atoms with van der Waals surface area (Å²) >= 11 is 0. The Bertz CT molecular complexity index is 3680. The molecule has 0 amide bonds. The second-order valence-electron chi connectivity index (χ2n) is 27.0. The van der Waals surface area contributed by atoms with E-state index in [1.165, 1.54) is 94.9 Å². The van der Waals surface area contributed by atoms with Crippen molar-refractivity contribution < 1.29 is 0 Å². The summed E-state index contributed by atoms with van der Waals surface area (Å²) in [6.07, 6.45) is 2.27. The fraction of sp³-hybridized carbons (Fsp3) is 0.270. The minimum absolute atomic E-state index is 0.00377. The predicted octanol–water partition coefficient (Wildman–Crippen LogP) is 18.8. The van der Waals surface area contributed by atoms with Gasteiger partial charge >= 0.3 is 0 Å². The molecule has 0 N–H and O–H groups in total. The summed E-state index contributed by atoms with van der Waals surface area (Å²) in [5, 5.41) is 0. The Morgan fingerprint density at radius 3 is 1.37 bits per heavy atom. The highest BCUT2D eigenvalue weighted by atomic mass is 15.2. The number of rotatable bonds is 7. The Labute approximate surface area is 466 Å². The summed E-state index contributed by atoms with van der Waals surface area (Å²) in [6.45, 7) is 30.9. The second kappa shape index (κ2) is 18.5. The molecule has 390 valence electrons. The van der Waals surface area contributed by atoms with Gasteiger partial charge < -0.3 is 14.7 Å². The number of anilines is 9. The zero-order valence-corrected chi connectivity index (χ0v) is 48.4. The molecule has 0 bridgehead atoms. The number of hydrogen-bond acceptors (Lipinski definition) is 3. The largest absolute Gasteiger partial charge is 0.311 e. The van der Waals surface area contributed by atoms with Crippen molar-refractivity contribution in [1.29, 1.82) is 0 Å². The highest BCUT2D eigenvalue weighted by Gasteiger charge is 2.47. The van der Waals surface area contributed by atoms with Crippen molar-refractivity contribution in [3.8, 4) is 22.3 Å². The Kier molecular flexibility index (Phi) is 12.2. The first-order chi connectivity index (χ1) is 37.1. The van der Waals surface area contributed by atoms with E-state index in [0.29, 0.717) is 0 Å². The summed E-state index contributed by atoms with van der Waals surface area (Å²) in [5.74, 6) is 0. The van der Waals surface area contributed by atoms with Crippen LogP contribution in [-0.2, 0) is 27.1 Å². The van der Waals surface area contributed by atoms with Crippen molar-refractivity contribution in [2.75, 3.05) is 14.7 Å². The first-order valence-electron chi connectivity index (χ1n) is 28.5. The standard InChI is InChI=1S/C74H76BN3/c1-70(2,3)52-33-37-57(38-34-52)77-65-40-36-54(72(7,8)9)44-62(65)75-63-47-60-61(74(12,13)42-41-73(60,10)11)48-66(63)78(68-46-58(45-67(77)69(68)75)76(55-25-19-15-20-26-55)56-27-21-16-22-28-56)64-39-35-53(71(4,5)6)43-59(64)51-31-29-50(30-32-51)49-23-17-14-18-24-49/h14-40,43-48H,41-42H2,1-13H3. The topological polar surface area (TPSA) is 9.72 Å². The van der Waals surface area contributed by atoms with Gasteiger partial charge in [-0.25, -0.2) is 0 Å². The number of para-hydroxylation sites is 2. The van der Waals surface area contributed by atoms with Gasteiger partial charge in [-0.1, -0.05) is 217 Å². The lowest BCUT2D eigenvalue weighted by atomic mass is 9.33. The molecular weight excluding hydrogens is 942 g/mol. The van der Waals surface area contributed by atoms with Crippen molar-refractivity contribution in [3.05, 3.63) is 228 Å². The van der Waals surface area contributed by atoms with Crippen LogP contribution in [0.3, 0.4) is 0 Å². The van der Waals surface area contributed by atoms with E-state index in [-0.39, 0.29) is 33.8 Å². The molecule has 1 aliphatic carbocycles. The lowest BCUT2D eigenvalue weighted by molar-refractivity contribution is 0.332. The summed E-state index contributed by atoms with van der Waals surface area (Å²) in [7, 11) is 0. The molecule has 4 heteroatoms. The lowest BCUT2D eigenvalue weighted by Crippen LogP contribution is -2.62. The quantitative estimate of drug-likeness (QED) is 0.147. The van der Waals surface area contributed by atoms with Crippen LogP contribution in [-0.4, -0.2) is 6.71 Å². The van der Waals surface area contributed by atoms with Gasteiger partial charge in [-0.2, -0.15) is 0 Å². The molecule has 0 aromatic heterocycles. The van der Waals surface area contributed by atoms with Crippen molar-refractivity contribution >= 4 is 74.3 Å². The van der Waals surface area contributed by atoms with Gasteiger partial charge in [0.1, 0.15) is 0 Å². The van der Waals surface area contributed by atoms with E-state index < -0.39 is 0 Å². The number of hydrogen-bond donors (Lipinski definition) is 0. The molecule has 2 aliphatic heterocycles. The van der Waals surface area contributed by atoms with Crippen molar-refractivity contribution in [2.45, 2.75) is 130 Å². The molecule has 0 radical (unpaired) electrons. The van der Waals surface area contributed by atoms with Crippen LogP contribution in [0.4, 0.5) is 51.2 Å². The SMILES string of the molecule is CC(C)(C)c1ccc(N2c3ccc(C(C)(C)C)cc3B3c4cc5c(cc4N(c4ccc(C(C)(C)C)cc4-c4ccc(-c6ccccc6)cc4)c4cc(N(c6ccccc6)c6ccccc6)cc2c43)C(C)(C)CCC5(C)C)cc1. The van der Waals surface area contributed by atoms with Gasteiger partial charge in [0.05, 0.1) is 11.4 Å². The minimum atomic E-state index is -0.0840. The fourth-order valence-electron chi connectivity index (χ4n) is 12.8. The molecule has 0 saturated heterocycles. The first kappa shape index (κ1) is 51.2. The summed E-state index contributed by atoms with van der Waals surface area (Å²) in [6, 6.07) is 76.6. The average molecular weight is 1020 g/mol. The molecule has 78 heavy (non-hydrogen) atoms. The summed E-state index contributed by atoms with van der Waals surface area (Å²) in [4.78, 5) is 7.76. The number of nitrogens with zero attached hydrogens (tertiary/aromatic N) is 3. The van der Waals surface area contributed by atoms with Gasteiger partial charge in [-0.3, -0.25) is 0 Å². The van der Waals surface area contributed by atoms with E-state index in [4.69, 9.17) is 0 Å². The maximum Gasteiger partial charge on any atom is 0.252 e. The average Bonchev–Trinajstić information content (AvgIpc) is 3.19. The minimum Gasteiger partial charge on any atom is -0.311 e. The van der Waals surface area contributed by atoms with Crippen LogP contribution in [0.2, 0.25) is 0 Å². The molecule has 9 aromatic rings. The second-order valence-corrected chi connectivity index (χ2v) is 27.0. The predicted molar refractivity (Wildman–Crippen MR) is 337 cm³/mol. The highest BCUT2D eigenvalue weighted by molar-refractivity contribution is 7.00. The zero-order valence-electron chi connectivity index (χ0n) is 48.4. The Morgan fingerprint density at radius 1 is 0.372 bits per heavy atom. The lowest BCUT2D eigenvalue weighted by Gasteiger charge is -2.48. The fourth-order valence-corrected chi connectivity index (χ4v) is 12.8. The molecule has 2 heterocycles. The molecular formula is C74H76BN3. The van der Waals surface area contributed by atoms with E-state index in [2.05, 4.69) is 305 Å². The van der Waals surface area contributed by atoms with E-state index in [1.807, 2.05) is 0 Å². The van der Waals surface area contributed by atoms with Crippen LogP contribution in [0.25, 0.3) is 22.3 Å². The van der Waals surface area contributed by atoms with Crippen molar-refractivity contribution in [2.24, 2.45) is 0 Å². The van der Waals surface area contributed by atoms with Crippen molar-refractivity contribution in [3.63, 3.8) is 0 Å². The number of benzene rings is 9. The van der Waals surface area contributed by atoms with E-state index in [9.17, 15) is 0 Å². The number of fused-ring (bicyclic) bond motifs is 5. The maximum atomic E-state index is 2.70. The summed E-state index contributed by atoms with van der Waals surface area (Å²) in [5.41, 5.74) is 26.1. The molecule has 3 nitrogen and oxygen atoms in total. The molecule has 9 aromatic carbocycles. The molecule has 0 unspecified atom stereocenters. The third kappa shape index (κ3) is 8.86. The maximum absolute atomic E-state index is 2.70. The molecule has 3 aliphatic rings. The molecule has 12 rings (SSSR count). The molecule has 0 atom stereocenters. The summed E-state index contributed by atoms with van der Waals surface area (Å²) < 4.78 is 0. The van der Waals surface area contributed by atoms with Gasteiger partial charge in [-0.05, 0) is 174 Å². The third-order valence-electron chi connectivity index (χ3n) is 17.6. The van der Waals surface area contributed by atoms with Crippen LogP contribution in [0.15, 0.2) is 200 Å². The van der Waals surface area contributed by atoms with Gasteiger partial charge in [-0.15, -0.1) is 0 Å². The van der Waals surface area contributed by atoms with E-state index >= 15 is 0 Å². The van der Waals surface area contributed by atoms with E-state index in [1.54, 1.807) is 0 Å². The van der Waals surface area contributed by atoms with Crippen LogP contribution < -0.4 is 31.1 Å². The third-order valence-corrected chi connectivity index (χ3v) is 17.6. The van der Waals surface area contributed by atoms with Gasteiger partial charge in [0.25, 0.3) is 6.71 Å². The van der Waals surface area contributed by atoms with Crippen LogP contribution in [0.1, 0.15) is 131 Å². The highest BCUT2D eigenvalue weighted by Crippen LogP contribution is 2.53. The molecule has 0 saturated carbocycles. The van der Waals surface area contributed by atoms with Crippen LogP contribution >= 0.6 is 0 Å². The Morgan fingerprint density at radius 2 is 0.821 bits per heavy atom. The normalized spacial score (nSPS) is 15.3. The first-order valence-corrected chi connectivity index (χ1v) is 28.5. The van der Waals surface area contributed by atoms with Crippen molar-refractivity contribution in [1.82, 2.24) is 0 Å². The Hall–Kier alpha value is -7.56. The van der Waals surface area contributed by atoms with Crippen LogP contribution in [0.5, 0.6) is 0 Å². The van der Waals surface area contributed by atoms with E-state index in [0.717, 1.165) is 35.6 Å². The molecule has 0 spiro atoms. The van der Waals surface area contributed by atoms with Crippen LogP contribution in [0, 0.1) is 0 Å². The van der Waals surface area contributed by atoms with Gasteiger partial charge in [0, 0.05) is 45.4 Å². The Balaban J connectivity index is 1.24. The van der Waals surface area contributed by atoms with Gasteiger partial charge in [0.2, 0.25) is 0 Å². The smallest absolute Gasteiger partial charge is 0.252 e.